The molecule has 0 bridgehead atoms. The minimum atomic E-state index is -0.110. The Kier molecular flexibility index (Phi) is 5.42. The highest BCUT2D eigenvalue weighted by Gasteiger charge is 2.16. The molecule has 0 aromatic carbocycles. The fourth-order valence-electron chi connectivity index (χ4n) is 1.68. The van der Waals surface area contributed by atoms with E-state index in [1.54, 1.807) is 0 Å². The molecule has 0 N–H and O–H groups in total. The van der Waals surface area contributed by atoms with E-state index in [2.05, 4.69) is 6.92 Å². The zero-order valence-corrected chi connectivity index (χ0v) is 9.13. The summed E-state index contributed by atoms with van der Waals surface area (Å²) >= 11 is 0. The molecule has 1 rings (SSSR count). The second kappa shape index (κ2) is 6.68. The normalized spacial score (nSPS) is 16.8. The predicted molar refractivity (Wildman–Crippen MR) is 56.3 cm³/mol. The molecule has 0 unspecified atom stereocenters. The van der Waals surface area contributed by atoms with Gasteiger partial charge < -0.3 is 9.64 Å². The monoisotopic (exact) mass is 199 g/mol. The van der Waals surface area contributed by atoms with E-state index in [0.29, 0.717) is 6.61 Å². The molecule has 0 aromatic heterocycles. The van der Waals surface area contributed by atoms with Crippen LogP contribution in [0.1, 0.15) is 45.4 Å². The van der Waals surface area contributed by atoms with Gasteiger partial charge in [-0.2, -0.15) is 0 Å². The zero-order valence-electron chi connectivity index (χ0n) is 9.13. The highest BCUT2D eigenvalue weighted by atomic mass is 16.6. The van der Waals surface area contributed by atoms with Gasteiger partial charge in [-0.15, -0.1) is 0 Å². The predicted octanol–water partition coefficient (Wildman–Crippen LogP) is 2.80. The molecule has 0 spiro atoms. The van der Waals surface area contributed by atoms with Gasteiger partial charge in [0.05, 0.1) is 6.61 Å². The van der Waals surface area contributed by atoms with E-state index in [4.69, 9.17) is 4.74 Å². The van der Waals surface area contributed by atoms with Crippen LogP contribution >= 0.6 is 0 Å². The van der Waals surface area contributed by atoms with E-state index in [-0.39, 0.29) is 6.09 Å². The fourth-order valence-corrected chi connectivity index (χ4v) is 1.68. The van der Waals surface area contributed by atoms with Crippen LogP contribution in [-0.4, -0.2) is 30.7 Å². The summed E-state index contributed by atoms with van der Waals surface area (Å²) in [4.78, 5) is 13.3. The van der Waals surface area contributed by atoms with Crippen molar-refractivity contribution in [1.82, 2.24) is 4.90 Å². The Morgan fingerprint density at radius 1 is 1.21 bits per heavy atom. The lowest BCUT2D eigenvalue weighted by molar-refractivity contribution is 0.0937. The van der Waals surface area contributed by atoms with Gasteiger partial charge >= 0.3 is 6.09 Å². The first-order valence-electron chi connectivity index (χ1n) is 5.76. The van der Waals surface area contributed by atoms with Crippen LogP contribution in [0.5, 0.6) is 0 Å². The Morgan fingerprint density at radius 2 is 1.93 bits per heavy atom. The quantitative estimate of drug-likeness (QED) is 0.651. The molecule has 0 aliphatic carbocycles. The van der Waals surface area contributed by atoms with Gasteiger partial charge in [0.25, 0.3) is 0 Å². The van der Waals surface area contributed by atoms with Gasteiger partial charge in [0.15, 0.2) is 0 Å². The number of carbonyl (C=O) groups is 1. The molecule has 1 aliphatic heterocycles. The Bertz CT molecular complexity index is 165. The van der Waals surface area contributed by atoms with Crippen molar-refractivity contribution in [2.24, 2.45) is 0 Å². The third-order valence-electron chi connectivity index (χ3n) is 2.59. The summed E-state index contributed by atoms with van der Waals surface area (Å²) in [6, 6.07) is 0. The maximum absolute atomic E-state index is 11.5. The minimum absolute atomic E-state index is 0.110. The van der Waals surface area contributed by atoms with Crippen molar-refractivity contribution < 1.29 is 9.53 Å². The summed E-state index contributed by atoms with van der Waals surface area (Å²) in [6.07, 6.45) is 6.71. The molecule has 3 nitrogen and oxygen atoms in total. The Labute approximate surface area is 86.4 Å². The number of carbonyl (C=O) groups excluding carboxylic acids is 1. The molecule has 1 fully saturated rings. The first-order valence-corrected chi connectivity index (χ1v) is 5.76. The molecule has 1 saturated heterocycles. The first-order chi connectivity index (χ1) is 6.84. The second-order valence-corrected chi connectivity index (χ2v) is 3.87. The molecule has 0 atom stereocenters. The number of piperidine rings is 1. The van der Waals surface area contributed by atoms with E-state index in [1.165, 1.54) is 12.8 Å². The molecule has 0 radical (unpaired) electrons. The summed E-state index contributed by atoms with van der Waals surface area (Å²) in [5, 5.41) is 0. The smallest absolute Gasteiger partial charge is 0.409 e. The minimum Gasteiger partial charge on any atom is -0.449 e. The average Bonchev–Trinajstić information content (AvgIpc) is 2.25. The Morgan fingerprint density at radius 3 is 2.57 bits per heavy atom. The first kappa shape index (κ1) is 11.3. The van der Waals surface area contributed by atoms with Gasteiger partial charge in [-0.1, -0.05) is 19.8 Å². The van der Waals surface area contributed by atoms with Gasteiger partial charge in [-0.25, -0.2) is 4.79 Å². The third-order valence-corrected chi connectivity index (χ3v) is 2.59. The Hall–Kier alpha value is -0.730. The van der Waals surface area contributed by atoms with Crippen LogP contribution in [0.25, 0.3) is 0 Å². The molecular formula is C11H21NO2. The SMILES string of the molecule is CCCCCOC(=O)N1CCCCC1. The fraction of sp³-hybridized carbons (Fsp3) is 0.909. The lowest BCUT2D eigenvalue weighted by Gasteiger charge is -2.25. The van der Waals surface area contributed by atoms with Crippen molar-refractivity contribution in [3.63, 3.8) is 0 Å². The van der Waals surface area contributed by atoms with E-state index in [0.717, 1.165) is 38.8 Å². The number of amides is 1. The van der Waals surface area contributed by atoms with Crippen molar-refractivity contribution >= 4 is 6.09 Å². The molecule has 14 heavy (non-hydrogen) atoms. The summed E-state index contributed by atoms with van der Waals surface area (Å²) in [7, 11) is 0. The van der Waals surface area contributed by atoms with Crippen LogP contribution in [-0.2, 0) is 4.74 Å². The zero-order chi connectivity index (χ0) is 10.2. The van der Waals surface area contributed by atoms with Crippen LogP contribution in [0, 0.1) is 0 Å². The van der Waals surface area contributed by atoms with Gasteiger partial charge in [-0.05, 0) is 25.7 Å². The maximum Gasteiger partial charge on any atom is 0.409 e. The van der Waals surface area contributed by atoms with Crippen molar-refractivity contribution in [2.45, 2.75) is 45.4 Å². The van der Waals surface area contributed by atoms with Gasteiger partial charge in [0.1, 0.15) is 0 Å². The molecule has 1 amide bonds. The van der Waals surface area contributed by atoms with Crippen LogP contribution in [0.3, 0.4) is 0 Å². The summed E-state index contributed by atoms with van der Waals surface area (Å²) in [6.45, 7) is 4.49. The maximum atomic E-state index is 11.5. The topological polar surface area (TPSA) is 29.5 Å². The van der Waals surface area contributed by atoms with E-state index in [1.807, 2.05) is 4.90 Å². The third kappa shape index (κ3) is 3.99. The number of hydrogen-bond acceptors (Lipinski definition) is 2. The number of rotatable bonds is 4. The lowest BCUT2D eigenvalue weighted by atomic mass is 10.1. The van der Waals surface area contributed by atoms with Gasteiger partial charge in [0, 0.05) is 13.1 Å². The van der Waals surface area contributed by atoms with Crippen molar-refractivity contribution in [2.75, 3.05) is 19.7 Å². The lowest BCUT2D eigenvalue weighted by Crippen LogP contribution is -2.36. The second-order valence-electron chi connectivity index (χ2n) is 3.87. The molecule has 1 aliphatic rings. The number of ether oxygens (including phenoxy) is 1. The largest absolute Gasteiger partial charge is 0.449 e. The van der Waals surface area contributed by atoms with Crippen molar-refractivity contribution in [3.05, 3.63) is 0 Å². The van der Waals surface area contributed by atoms with E-state index >= 15 is 0 Å². The Balaban J connectivity index is 2.07. The van der Waals surface area contributed by atoms with Crippen molar-refractivity contribution in [3.8, 4) is 0 Å². The highest BCUT2D eigenvalue weighted by molar-refractivity contribution is 5.67. The van der Waals surface area contributed by atoms with Crippen LogP contribution in [0.2, 0.25) is 0 Å². The average molecular weight is 199 g/mol. The number of hydrogen-bond donors (Lipinski definition) is 0. The summed E-state index contributed by atoms with van der Waals surface area (Å²) < 4.78 is 5.17. The highest BCUT2D eigenvalue weighted by Crippen LogP contribution is 2.09. The van der Waals surface area contributed by atoms with E-state index in [9.17, 15) is 4.79 Å². The molecule has 82 valence electrons. The van der Waals surface area contributed by atoms with Gasteiger partial charge in [-0.3, -0.25) is 0 Å². The number of nitrogens with zero attached hydrogens (tertiary/aromatic N) is 1. The van der Waals surface area contributed by atoms with Crippen LogP contribution in [0.4, 0.5) is 4.79 Å². The summed E-state index contributed by atoms with van der Waals surface area (Å²) in [5.41, 5.74) is 0. The van der Waals surface area contributed by atoms with Crippen molar-refractivity contribution in [1.29, 1.82) is 0 Å². The standard InChI is InChI=1S/C11H21NO2/c1-2-3-7-10-14-11(13)12-8-5-4-6-9-12/h2-10H2,1H3. The van der Waals surface area contributed by atoms with Gasteiger partial charge in [0.2, 0.25) is 0 Å². The van der Waals surface area contributed by atoms with Crippen LogP contribution in [0.15, 0.2) is 0 Å². The molecule has 1 heterocycles. The molecular weight excluding hydrogens is 178 g/mol. The number of likely N-dealkylation sites (tertiary alicyclic amines) is 1. The number of unbranched alkanes of at least 4 members (excludes halogenated alkanes) is 2. The summed E-state index contributed by atoms with van der Waals surface area (Å²) in [5.74, 6) is 0. The molecule has 0 saturated carbocycles. The van der Waals surface area contributed by atoms with E-state index < -0.39 is 0 Å². The molecule has 0 aromatic rings. The molecule has 3 heteroatoms. The van der Waals surface area contributed by atoms with Crippen LogP contribution < -0.4 is 0 Å².